The number of nitrogens with zero attached hydrogens (tertiary/aromatic N) is 6. The Morgan fingerprint density at radius 2 is 1.80 bits per heavy atom. The van der Waals surface area contributed by atoms with Crippen molar-refractivity contribution < 1.29 is 8.78 Å². The lowest BCUT2D eigenvalue weighted by molar-refractivity contribution is 0.255. The molecule has 0 radical (unpaired) electrons. The number of hydrogen-bond donors (Lipinski definition) is 1. The number of aryl methyl sites for hydroxylation is 1. The molecule has 0 saturated carbocycles. The second-order valence-corrected chi connectivity index (χ2v) is 9.68. The second-order valence-electron chi connectivity index (χ2n) is 9.68. The first-order valence-corrected chi connectivity index (χ1v) is 12.1. The third kappa shape index (κ3) is 4.03. The van der Waals surface area contributed by atoms with Crippen LogP contribution in [0.1, 0.15) is 49.5 Å². The SMILES string of the molecule is CC1CCc2nc3c(F)cc(-c4nc(Nc5ccc(C6CCN(C)CC6)cn5)ncc4F)cc3n21. The van der Waals surface area contributed by atoms with Crippen molar-refractivity contribution in [1.82, 2.24) is 29.4 Å². The van der Waals surface area contributed by atoms with Crippen molar-refractivity contribution in [3.8, 4) is 11.3 Å². The number of pyridine rings is 1. The van der Waals surface area contributed by atoms with E-state index >= 15 is 0 Å². The van der Waals surface area contributed by atoms with Gasteiger partial charge in [-0.1, -0.05) is 6.07 Å². The Bertz CT molecular complexity index is 1390. The summed E-state index contributed by atoms with van der Waals surface area (Å²) < 4.78 is 31.7. The molecule has 6 rings (SSSR count). The molecule has 1 N–H and O–H groups in total. The average molecular weight is 476 g/mol. The molecule has 1 atom stereocenters. The fraction of sp³-hybridized carbons (Fsp3) is 0.385. The molecule has 1 unspecified atom stereocenters. The van der Waals surface area contributed by atoms with Gasteiger partial charge in [-0.15, -0.1) is 0 Å². The Kier molecular flexibility index (Phi) is 5.44. The summed E-state index contributed by atoms with van der Waals surface area (Å²) in [4.78, 5) is 19.8. The third-order valence-electron chi connectivity index (χ3n) is 7.28. The molecule has 0 spiro atoms. The number of piperidine rings is 1. The molecule has 0 bridgehead atoms. The minimum absolute atomic E-state index is 0.0347. The standard InChI is InChI=1S/C26H27F2N7/c1-15-3-6-23-32-25-19(27)11-18(12-21(25)35(15)23)24-20(28)14-30-26(33-24)31-22-5-4-17(13-29-22)16-7-9-34(2)10-8-16/h4-5,11-16H,3,6-10H2,1-2H3,(H,29,30,31,33). The van der Waals surface area contributed by atoms with Crippen LogP contribution in [0.2, 0.25) is 0 Å². The summed E-state index contributed by atoms with van der Waals surface area (Å²) in [7, 11) is 2.15. The molecular formula is C26H27F2N7. The Morgan fingerprint density at radius 1 is 0.971 bits per heavy atom. The highest BCUT2D eigenvalue weighted by molar-refractivity contribution is 5.83. The van der Waals surface area contributed by atoms with Gasteiger partial charge in [-0.3, -0.25) is 0 Å². The molecule has 0 amide bonds. The number of anilines is 2. The van der Waals surface area contributed by atoms with Crippen molar-refractivity contribution in [3.05, 3.63) is 59.7 Å². The van der Waals surface area contributed by atoms with E-state index in [-0.39, 0.29) is 17.7 Å². The fourth-order valence-corrected chi connectivity index (χ4v) is 5.28. The molecule has 1 aromatic carbocycles. The lowest BCUT2D eigenvalue weighted by atomic mass is 9.91. The Morgan fingerprint density at radius 3 is 2.57 bits per heavy atom. The van der Waals surface area contributed by atoms with E-state index in [1.54, 1.807) is 6.07 Å². The molecule has 180 valence electrons. The highest BCUT2D eigenvalue weighted by Gasteiger charge is 2.25. The second kappa shape index (κ2) is 8.64. The molecule has 7 nitrogen and oxygen atoms in total. The van der Waals surface area contributed by atoms with Crippen LogP contribution >= 0.6 is 0 Å². The van der Waals surface area contributed by atoms with E-state index < -0.39 is 11.6 Å². The van der Waals surface area contributed by atoms with E-state index in [1.807, 2.05) is 16.8 Å². The Balaban J connectivity index is 1.28. The van der Waals surface area contributed by atoms with Crippen LogP contribution in [-0.4, -0.2) is 49.5 Å². The van der Waals surface area contributed by atoms with Crippen LogP contribution in [0.25, 0.3) is 22.3 Å². The molecule has 2 aliphatic rings. The maximum Gasteiger partial charge on any atom is 0.229 e. The van der Waals surface area contributed by atoms with E-state index in [4.69, 9.17) is 0 Å². The maximum atomic E-state index is 14.9. The molecule has 1 saturated heterocycles. The first-order chi connectivity index (χ1) is 17.0. The van der Waals surface area contributed by atoms with Gasteiger partial charge in [0.25, 0.3) is 0 Å². The Labute approximate surface area is 202 Å². The van der Waals surface area contributed by atoms with Gasteiger partial charge in [0.15, 0.2) is 11.6 Å². The first-order valence-electron chi connectivity index (χ1n) is 12.1. The zero-order valence-electron chi connectivity index (χ0n) is 19.8. The zero-order chi connectivity index (χ0) is 24.1. The van der Waals surface area contributed by atoms with Crippen LogP contribution in [0.3, 0.4) is 0 Å². The van der Waals surface area contributed by atoms with Crippen molar-refractivity contribution >= 4 is 22.8 Å². The largest absolute Gasteiger partial charge is 0.325 e. The topological polar surface area (TPSA) is 71.8 Å². The number of likely N-dealkylation sites (tertiary alicyclic amines) is 1. The van der Waals surface area contributed by atoms with Gasteiger partial charge in [0.1, 0.15) is 22.9 Å². The Hall–Kier alpha value is -3.46. The predicted molar refractivity (Wildman–Crippen MR) is 131 cm³/mol. The monoisotopic (exact) mass is 475 g/mol. The number of rotatable bonds is 4. The minimum atomic E-state index is -0.617. The number of fused-ring (bicyclic) bond motifs is 3. The van der Waals surface area contributed by atoms with E-state index in [2.05, 4.69) is 50.2 Å². The smallest absolute Gasteiger partial charge is 0.229 e. The van der Waals surface area contributed by atoms with Crippen LogP contribution in [0, 0.1) is 11.6 Å². The summed E-state index contributed by atoms with van der Waals surface area (Å²) in [5, 5.41) is 3.05. The highest BCUT2D eigenvalue weighted by atomic mass is 19.1. The number of nitrogens with one attached hydrogen (secondary N) is 1. The average Bonchev–Trinajstić information content (AvgIpc) is 3.41. The maximum absolute atomic E-state index is 14.9. The lowest BCUT2D eigenvalue weighted by Crippen LogP contribution is -2.29. The van der Waals surface area contributed by atoms with Crippen LogP contribution in [0.4, 0.5) is 20.5 Å². The molecular weight excluding hydrogens is 448 g/mol. The lowest BCUT2D eigenvalue weighted by Gasteiger charge is -2.29. The van der Waals surface area contributed by atoms with Gasteiger partial charge < -0.3 is 14.8 Å². The van der Waals surface area contributed by atoms with E-state index in [0.29, 0.717) is 28.3 Å². The van der Waals surface area contributed by atoms with Crippen LogP contribution < -0.4 is 5.32 Å². The van der Waals surface area contributed by atoms with E-state index in [9.17, 15) is 8.78 Å². The quantitative estimate of drug-likeness (QED) is 0.436. The third-order valence-corrected chi connectivity index (χ3v) is 7.28. The molecule has 3 aromatic heterocycles. The van der Waals surface area contributed by atoms with Crippen LogP contribution in [-0.2, 0) is 6.42 Å². The van der Waals surface area contributed by atoms with E-state index in [1.165, 1.54) is 11.6 Å². The highest BCUT2D eigenvalue weighted by Crippen LogP contribution is 2.35. The number of halogens is 2. The first kappa shape index (κ1) is 22.0. The number of benzene rings is 1. The van der Waals surface area contributed by atoms with Gasteiger partial charge in [-0.05, 0) is 76.0 Å². The summed E-state index contributed by atoms with van der Waals surface area (Å²) in [6.45, 7) is 4.26. The van der Waals surface area contributed by atoms with Crippen molar-refractivity contribution in [3.63, 3.8) is 0 Å². The molecule has 0 aliphatic carbocycles. The number of hydrogen-bond acceptors (Lipinski definition) is 6. The van der Waals surface area contributed by atoms with E-state index in [0.717, 1.165) is 50.8 Å². The van der Waals surface area contributed by atoms with Gasteiger partial charge in [-0.2, -0.15) is 0 Å². The summed E-state index contributed by atoms with van der Waals surface area (Å²) in [5.41, 5.74) is 2.59. The van der Waals surface area contributed by atoms with Crippen molar-refractivity contribution in [2.75, 3.05) is 25.5 Å². The van der Waals surface area contributed by atoms with Gasteiger partial charge in [0.05, 0.1) is 11.7 Å². The summed E-state index contributed by atoms with van der Waals surface area (Å²) in [6, 6.07) is 7.24. The molecule has 5 heterocycles. The number of aromatic nitrogens is 5. The van der Waals surface area contributed by atoms with Gasteiger partial charge in [0.2, 0.25) is 5.95 Å². The predicted octanol–water partition coefficient (Wildman–Crippen LogP) is 5.23. The number of imidazole rings is 1. The minimum Gasteiger partial charge on any atom is -0.325 e. The van der Waals surface area contributed by atoms with Crippen molar-refractivity contribution in [1.29, 1.82) is 0 Å². The van der Waals surface area contributed by atoms with Crippen molar-refractivity contribution in [2.24, 2.45) is 0 Å². The molecule has 2 aliphatic heterocycles. The van der Waals surface area contributed by atoms with Crippen LogP contribution in [0.15, 0.2) is 36.7 Å². The van der Waals surface area contributed by atoms with Gasteiger partial charge >= 0.3 is 0 Å². The zero-order valence-corrected chi connectivity index (χ0v) is 19.8. The normalized spacial score (nSPS) is 18.8. The summed E-state index contributed by atoms with van der Waals surface area (Å²) in [6.07, 6.45) is 7.00. The van der Waals surface area contributed by atoms with Crippen molar-refractivity contribution in [2.45, 2.75) is 44.6 Å². The molecule has 35 heavy (non-hydrogen) atoms. The van der Waals surface area contributed by atoms with Crippen LogP contribution in [0.5, 0.6) is 0 Å². The molecule has 1 fully saturated rings. The summed E-state index contributed by atoms with van der Waals surface area (Å²) in [5.74, 6) is 1.05. The van der Waals surface area contributed by atoms with Gasteiger partial charge in [-0.25, -0.2) is 28.7 Å². The molecule has 9 heteroatoms. The van der Waals surface area contributed by atoms with Gasteiger partial charge in [0, 0.05) is 24.2 Å². The summed E-state index contributed by atoms with van der Waals surface area (Å²) >= 11 is 0. The molecule has 4 aromatic rings. The fourth-order valence-electron chi connectivity index (χ4n) is 5.28.